The van der Waals surface area contributed by atoms with Crippen molar-refractivity contribution in [2.45, 2.75) is 76.3 Å². The van der Waals surface area contributed by atoms with Gasteiger partial charge in [-0.15, -0.1) is 0 Å². The SMILES string of the molecule is Cc1nc2c(F)c(-c3cccc(Cl)c3Cl)c(CCC#N)cc2c2c1cc(C1CC(OCc3ccc(Cl)cc3F)CN1C(=O)C1CC1)n2C1C2CNC1C2. The summed E-state index contributed by atoms with van der Waals surface area (Å²) in [5.41, 5.74) is 4.53. The minimum Gasteiger partial charge on any atom is -0.371 e. The molecule has 272 valence electrons. The number of benzene rings is 3. The molecule has 1 N–H and O–H groups in total. The smallest absolute Gasteiger partial charge is 0.226 e. The van der Waals surface area contributed by atoms with Gasteiger partial charge >= 0.3 is 0 Å². The van der Waals surface area contributed by atoms with Gasteiger partial charge in [-0.3, -0.25) is 4.79 Å². The van der Waals surface area contributed by atoms with Gasteiger partial charge < -0.3 is 19.5 Å². The molecule has 53 heavy (non-hydrogen) atoms. The molecule has 5 aliphatic rings. The van der Waals surface area contributed by atoms with Crippen LogP contribution in [0.2, 0.25) is 15.1 Å². The molecule has 5 aromatic rings. The van der Waals surface area contributed by atoms with E-state index in [0.717, 1.165) is 42.4 Å². The first-order valence-corrected chi connectivity index (χ1v) is 19.3. The number of pyridine rings is 1. The highest BCUT2D eigenvalue weighted by atomic mass is 35.5. The van der Waals surface area contributed by atoms with Gasteiger partial charge in [0.25, 0.3) is 0 Å². The summed E-state index contributed by atoms with van der Waals surface area (Å²) < 4.78 is 40.6. The molecule has 7 nitrogen and oxygen atoms in total. The Balaban J connectivity index is 1.22. The Morgan fingerprint density at radius 2 is 1.91 bits per heavy atom. The highest BCUT2D eigenvalue weighted by Crippen LogP contribution is 2.51. The van der Waals surface area contributed by atoms with Gasteiger partial charge in [-0.05, 0) is 74.4 Å². The molecule has 1 amide bonds. The van der Waals surface area contributed by atoms with Crippen LogP contribution in [0.25, 0.3) is 32.9 Å². The molecule has 5 heterocycles. The van der Waals surface area contributed by atoms with Gasteiger partial charge in [0.1, 0.15) is 11.3 Å². The topological polar surface area (TPSA) is 83.2 Å². The van der Waals surface area contributed by atoms with Crippen LogP contribution in [0, 0.1) is 41.7 Å². The predicted octanol–water partition coefficient (Wildman–Crippen LogP) is 9.66. The second kappa shape index (κ2) is 13.5. The Morgan fingerprint density at radius 3 is 2.62 bits per heavy atom. The van der Waals surface area contributed by atoms with Crippen molar-refractivity contribution in [3.05, 3.63) is 97.7 Å². The number of nitrogens with one attached hydrogen (secondary N) is 1. The lowest BCUT2D eigenvalue weighted by molar-refractivity contribution is -0.134. The Labute approximate surface area is 320 Å². The van der Waals surface area contributed by atoms with Crippen LogP contribution in [0.3, 0.4) is 0 Å². The summed E-state index contributed by atoms with van der Waals surface area (Å²) in [6, 6.07) is 16.0. The zero-order valence-corrected chi connectivity index (χ0v) is 31.2. The maximum Gasteiger partial charge on any atom is 0.226 e. The third-order valence-corrected chi connectivity index (χ3v) is 12.8. The summed E-state index contributed by atoms with van der Waals surface area (Å²) >= 11 is 19.1. The molecule has 0 spiro atoms. The summed E-state index contributed by atoms with van der Waals surface area (Å²) in [5, 5.41) is 15.7. The van der Waals surface area contributed by atoms with Gasteiger partial charge in [-0.1, -0.05) is 53.0 Å². The quantitative estimate of drug-likeness (QED) is 0.161. The molecule has 2 saturated carbocycles. The molecule has 12 heteroatoms. The number of halogens is 5. The maximum atomic E-state index is 17.2. The number of amides is 1. The molecule has 5 atom stereocenters. The number of likely N-dealkylation sites (tertiary alicyclic amines) is 1. The number of carbonyl (C=O) groups excluding carboxylic acids is 1. The average Bonchev–Trinajstić information content (AvgIpc) is 3.43. The molecule has 10 rings (SSSR count). The van der Waals surface area contributed by atoms with Crippen LogP contribution in [-0.2, 0) is 22.6 Å². The van der Waals surface area contributed by atoms with Gasteiger partial charge in [-0.25, -0.2) is 13.8 Å². The van der Waals surface area contributed by atoms with Gasteiger partial charge in [0.2, 0.25) is 5.91 Å². The molecular weight excluding hydrogens is 739 g/mol. The molecule has 3 aromatic carbocycles. The standard InChI is InChI=1S/C41H36Cl3F2N5O2/c1-20-28-16-34(33-15-26(18-50(33)41(52)21-7-8-21)53-19-23-9-10-25(42)14-31(23)45)51(39-24-13-32(39)48-17-24)40(28)29-12-22(4-3-11-47)35(37(46)38(29)49-20)27-5-2-6-30(43)36(27)44/h2,5-6,9-10,12,14,16,21,24,26,32-33,39,48H,3-4,7-8,13,15,17-19H2,1H3. The van der Waals surface area contributed by atoms with Gasteiger partial charge in [0.05, 0.1) is 46.4 Å². The molecule has 2 aliphatic carbocycles. The molecule has 3 aliphatic heterocycles. The number of aryl methyl sites for hydroxylation is 2. The van der Waals surface area contributed by atoms with Crippen LogP contribution in [0.4, 0.5) is 8.78 Å². The number of rotatable bonds is 9. The van der Waals surface area contributed by atoms with Gasteiger partial charge in [0.15, 0.2) is 5.82 Å². The third kappa shape index (κ3) is 5.89. The molecule has 0 radical (unpaired) electrons. The predicted molar refractivity (Wildman–Crippen MR) is 202 cm³/mol. The van der Waals surface area contributed by atoms with Gasteiger partial charge in [-0.2, -0.15) is 5.26 Å². The number of aromatic nitrogens is 2. The highest BCUT2D eigenvalue weighted by molar-refractivity contribution is 6.43. The Bertz CT molecular complexity index is 2360. The summed E-state index contributed by atoms with van der Waals surface area (Å²) in [4.78, 5) is 20.8. The molecule has 2 bridgehead atoms. The molecule has 3 saturated heterocycles. The van der Waals surface area contributed by atoms with E-state index in [1.165, 1.54) is 6.07 Å². The normalized spacial score (nSPS) is 23.6. The molecular formula is C41H36Cl3F2N5O2. The lowest BCUT2D eigenvalue weighted by Gasteiger charge is -2.39. The summed E-state index contributed by atoms with van der Waals surface area (Å²) in [5.74, 6) is -0.467. The van der Waals surface area contributed by atoms with E-state index in [-0.39, 0.29) is 59.6 Å². The third-order valence-electron chi connectivity index (χ3n) is 11.7. The second-order valence-electron chi connectivity index (χ2n) is 15.0. The van der Waals surface area contributed by atoms with E-state index in [1.807, 2.05) is 17.9 Å². The van der Waals surface area contributed by atoms with E-state index in [0.29, 0.717) is 68.7 Å². The minimum absolute atomic E-state index is 0.0119. The fourth-order valence-electron chi connectivity index (χ4n) is 8.95. The fraction of sp³-hybridized carbons (Fsp3) is 0.390. The second-order valence-corrected chi connectivity index (χ2v) is 16.2. The average molecular weight is 775 g/mol. The van der Waals surface area contributed by atoms with E-state index in [2.05, 4.69) is 22.0 Å². The first kappa shape index (κ1) is 35.0. The first-order valence-electron chi connectivity index (χ1n) is 18.2. The Morgan fingerprint density at radius 1 is 1.08 bits per heavy atom. The van der Waals surface area contributed by atoms with Crippen molar-refractivity contribution < 1.29 is 18.3 Å². The zero-order chi connectivity index (χ0) is 36.7. The summed E-state index contributed by atoms with van der Waals surface area (Å²) in [6.07, 6.45) is 3.46. The van der Waals surface area contributed by atoms with E-state index < -0.39 is 11.6 Å². The van der Waals surface area contributed by atoms with Crippen LogP contribution in [0.1, 0.15) is 66.7 Å². The van der Waals surface area contributed by atoms with E-state index in [9.17, 15) is 14.4 Å². The van der Waals surface area contributed by atoms with E-state index >= 15 is 4.39 Å². The number of carbonyl (C=O) groups is 1. The number of ether oxygens (including phenoxy) is 1. The maximum absolute atomic E-state index is 17.2. The molecule has 2 aromatic heterocycles. The number of hydrogen-bond donors (Lipinski definition) is 1. The van der Waals surface area contributed by atoms with Crippen LogP contribution < -0.4 is 5.32 Å². The van der Waals surface area contributed by atoms with Crippen LogP contribution >= 0.6 is 34.8 Å². The van der Waals surface area contributed by atoms with Crippen molar-refractivity contribution in [2.75, 3.05) is 13.1 Å². The van der Waals surface area contributed by atoms with Crippen molar-refractivity contribution in [1.29, 1.82) is 5.26 Å². The first-order chi connectivity index (χ1) is 25.6. The summed E-state index contributed by atoms with van der Waals surface area (Å²) in [7, 11) is 0. The Kier molecular flexibility index (Phi) is 8.91. The van der Waals surface area contributed by atoms with Gasteiger partial charge in [0, 0.05) is 81.8 Å². The zero-order valence-electron chi connectivity index (χ0n) is 28.9. The van der Waals surface area contributed by atoms with Crippen LogP contribution in [0.15, 0.2) is 48.5 Å². The van der Waals surface area contributed by atoms with Crippen molar-refractivity contribution >= 4 is 62.5 Å². The van der Waals surface area contributed by atoms with Crippen molar-refractivity contribution in [3.63, 3.8) is 0 Å². The Hall–Kier alpha value is -3.78. The molecule has 5 unspecified atom stereocenters. The lowest BCUT2D eigenvalue weighted by atomic mass is 9.79. The number of nitriles is 1. The minimum atomic E-state index is -0.511. The monoisotopic (exact) mass is 773 g/mol. The number of hydrogen-bond acceptors (Lipinski definition) is 5. The van der Waals surface area contributed by atoms with Crippen molar-refractivity contribution in [3.8, 4) is 17.2 Å². The van der Waals surface area contributed by atoms with Crippen molar-refractivity contribution in [1.82, 2.24) is 19.8 Å². The van der Waals surface area contributed by atoms with E-state index in [1.54, 1.807) is 30.3 Å². The van der Waals surface area contributed by atoms with Crippen LogP contribution in [0.5, 0.6) is 0 Å². The fourth-order valence-corrected chi connectivity index (χ4v) is 9.51. The number of fused-ring (bicyclic) bond motifs is 4. The van der Waals surface area contributed by atoms with Crippen molar-refractivity contribution in [2.24, 2.45) is 11.8 Å². The van der Waals surface area contributed by atoms with E-state index in [4.69, 9.17) is 44.5 Å². The largest absolute Gasteiger partial charge is 0.371 e. The van der Waals surface area contributed by atoms with Crippen LogP contribution in [-0.4, -0.2) is 45.6 Å². The highest BCUT2D eigenvalue weighted by Gasteiger charge is 2.51. The summed E-state index contributed by atoms with van der Waals surface area (Å²) in [6.45, 7) is 3.22. The number of nitrogens with zero attached hydrogens (tertiary/aromatic N) is 4. The molecule has 5 fully saturated rings. The lowest BCUT2D eigenvalue weighted by Crippen LogP contribution is -2.41.